The van der Waals surface area contributed by atoms with Gasteiger partial charge in [-0.2, -0.15) is 36.4 Å². The average molecular weight is 671 g/mol. The van der Waals surface area contributed by atoms with Gasteiger partial charge in [-0.05, 0) is 30.0 Å². The Hall–Kier alpha value is -4.37. The summed E-state index contributed by atoms with van der Waals surface area (Å²) in [5.74, 6) is 0. The molecular formula is C34H28IrN3-3. The van der Waals surface area contributed by atoms with Crippen LogP contribution in [0.15, 0.2) is 158 Å². The van der Waals surface area contributed by atoms with E-state index in [-0.39, 0.29) is 20.1 Å². The Morgan fingerprint density at radius 1 is 0.553 bits per heavy atom. The maximum Gasteiger partial charge on any atom is 0.115 e. The number of benzene rings is 3. The molecule has 38 heavy (non-hydrogen) atoms. The van der Waals surface area contributed by atoms with Crippen LogP contribution in [0.2, 0.25) is 0 Å². The Balaban J connectivity index is 0.000000187. The third kappa shape index (κ3) is 11.6. The van der Waals surface area contributed by atoms with Crippen molar-refractivity contribution in [3.8, 4) is 22.5 Å². The van der Waals surface area contributed by atoms with E-state index < -0.39 is 0 Å². The monoisotopic (exact) mass is 671 g/mol. The molecule has 0 aliphatic rings. The standard InChI is InChI=1S/C12H10N.C11H8N.C6H5.C5H5N.Ir/c1-13-10-6-5-9-12(13)11-7-3-2-4-8-11;1-2-6-10(7-3-1)11-8-4-5-9-12-11;2*1-2-4-6-5-3-1;/h2-7,9-10H,1H2;1-6,8-9H;2*1-5H;/q3*-1;;. The molecule has 3 heterocycles. The molecule has 3 nitrogen and oxygen atoms in total. The van der Waals surface area contributed by atoms with Crippen LogP contribution < -0.4 is 4.57 Å². The minimum Gasteiger partial charge on any atom is -0.321 e. The Morgan fingerprint density at radius 2 is 1.13 bits per heavy atom. The summed E-state index contributed by atoms with van der Waals surface area (Å²) in [4.78, 5) is 8.00. The van der Waals surface area contributed by atoms with Crippen molar-refractivity contribution < 1.29 is 24.7 Å². The normalized spacial score (nSPS) is 8.95. The second-order valence-corrected chi connectivity index (χ2v) is 7.43. The molecule has 0 atom stereocenters. The SMILES string of the molecule is [CH2-][n+]1ccccc1-c1[c-]cccc1.[Ir].[c-]1ccccc1.[c-]1ccccc1-c1ccccn1.c1ccncc1. The summed E-state index contributed by atoms with van der Waals surface area (Å²) in [5.41, 5.74) is 4.15. The van der Waals surface area contributed by atoms with Gasteiger partial charge in [0.2, 0.25) is 0 Å². The molecule has 4 heteroatoms. The van der Waals surface area contributed by atoms with Gasteiger partial charge in [0.1, 0.15) is 5.69 Å². The van der Waals surface area contributed by atoms with Crippen molar-refractivity contribution in [1.29, 1.82) is 0 Å². The van der Waals surface area contributed by atoms with Crippen LogP contribution in [0.3, 0.4) is 0 Å². The Labute approximate surface area is 239 Å². The first-order valence-corrected chi connectivity index (χ1v) is 11.8. The van der Waals surface area contributed by atoms with E-state index in [1.165, 1.54) is 0 Å². The minimum atomic E-state index is 0. The van der Waals surface area contributed by atoms with Crippen molar-refractivity contribution in [3.63, 3.8) is 0 Å². The molecule has 0 unspecified atom stereocenters. The van der Waals surface area contributed by atoms with Crippen molar-refractivity contribution in [2.75, 3.05) is 0 Å². The molecule has 3 aromatic heterocycles. The van der Waals surface area contributed by atoms with Gasteiger partial charge in [-0.1, -0.05) is 35.9 Å². The summed E-state index contributed by atoms with van der Waals surface area (Å²) >= 11 is 0. The van der Waals surface area contributed by atoms with Crippen molar-refractivity contribution in [3.05, 3.63) is 183 Å². The predicted octanol–water partition coefficient (Wildman–Crippen LogP) is 7.20. The number of nitrogens with zero attached hydrogens (tertiary/aromatic N) is 3. The van der Waals surface area contributed by atoms with Gasteiger partial charge in [0.25, 0.3) is 0 Å². The number of rotatable bonds is 2. The van der Waals surface area contributed by atoms with E-state index in [9.17, 15) is 0 Å². The van der Waals surface area contributed by atoms with Crippen molar-refractivity contribution >= 4 is 0 Å². The number of pyridine rings is 3. The second-order valence-electron chi connectivity index (χ2n) is 7.43. The first-order chi connectivity index (χ1) is 18.3. The molecule has 3 aromatic carbocycles. The summed E-state index contributed by atoms with van der Waals surface area (Å²) in [6, 6.07) is 52.1. The number of aromatic nitrogens is 3. The molecular weight excluding hydrogens is 643 g/mol. The molecule has 0 aliphatic heterocycles. The number of hydrogen-bond donors (Lipinski definition) is 0. The van der Waals surface area contributed by atoms with Gasteiger partial charge >= 0.3 is 0 Å². The molecule has 1 radical (unpaired) electrons. The van der Waals surface area contributed by atoms with E-state index in [1.54, 1.807) is 18.6 Å². The van der Waals surface area contributed by atoms with Crippen LogP contribution >= 0.6 is 0 Å². The van der Waals surface area contributed by atoms with Gasteiger partial charge in [0, 0.05) is 45.7 Å². The molecule has 0 spiro atoms. The van der Waals surface area contributed by atoms with Crippen molar-refractivity contribution in [2.24, 2.45) is 0 Å². The van der Waals surface area contributed by atoms with Crippen LogP contribution in [0.1, 0.15) is 0 Å². The predicted molar refractivity (Wildman–Crippen MR) is 150 cm³/mol. The molecule has 191 valence electrons. The number of hydrogen-bond acceptors (Lipinski definition) is 2. The van der Waals surface area contributed by atoms with Gasteiger partial charge in [-0.15, -0.1) is 66.2 Å². The van der Waals surface area contributed by atoms with Crippen molar-refractivity contribution in [2.45, 2.75) is 0 Å². The first kappa shape index (κ1) is 29.9. The Kier molecular flexibility index (Phi) is 14.8. The molecule has 0 saturated heterocycles. The molecule has 0 N–H and O–H groups in total. The fourth-order valence-electron chi connectivity index (χ4n) is 3.00. The molecule has 6 rings (SSSR count). The minimum absolute atomic E-state index is 0. The maximum absolute atomic E-state index is 4.22. The summed E-state index contributed by atoms with van der Waals surface area (Å²) in [6.07, 6.45) is 7.21. The third-order valence-electron chi connectivity index (χ3n) is 4.75. The molecule has 0 amide bonds. The van der Waals surface area contributed by atoms with Crippen LogP contribution in [-0.4, -0.2) is 9.97 Å². The van der Waals surface area contributed by atoms with Crippen LogP contribution in [0, 0.1) is 25.2 Å². The van der Waals surface area contributed by atoms with Gasteiger partial charge in [0.15, 0.2) is 0 Å². The van der Waals surface area contributed by atoms with Gasteiger partial charge in [-0.3, -0.25) is 4.98 Å². The summed E-state index contributed by atoms with van der Waals surface area (Å²) in [5, 5.41) is 0. The summed E-state index contributed by atoms with van der Waals surface area (Å²) < 4.78 is 1.84. The van der Waals surface area contributed by atoms with E-state index in [2.05, 4.69) is 35.2 Å². The van der Waals surface area contributed by atoms with E-state index in [4.69, 9.17) is 0 Å². The summed E-state index contributed by atoms with van der Waals surface area (Å²) in [6.45, 7) is 0. The smallest absolute Gasteiger partial charge is 0.115 e. The van der Waals surface area contributed by atoms with E-state index >= 15 is 0 Å². The molecule has 0 saturated carbocycles. The molecule has 0 fully saturated rings. The van der Waals surface area contributed by atoms with E-state index in [0.717, 1.165) is 22.5 Å². The van der Waals surface area contributed by atoms with Crippen LogP contribution in [0.5, 0.6) is 0 Å². The zero-order chi connectivity index (χ0) is 25.8. The zero-order valence-corrected chi connectivity index (χ0v) is 23.3. The first-order valence-electron chi connectivity index (χ1n) is 11.8. The second kappa shape index (κ2) is 18.8. The fraction of sp³-hybridized carbons (Fsp3) is 0. The fourth-order valence-corrected chi connectivity index (χ4v) is 3.00. The Bertz CT molecular complexity index is 1230. The van der Waals surface area contributed by atoms with E-state index in [0.29, 0.717) is 0 Å². The van der Waals surface area contributed by atoms with Gasteiger partial charge < -0.3 is 9.55 Å². The van der Waals surface area contributed by atoms with Gasteiger partial charge in [-0.25, -0.2) is 0 Å². The average Bonchev–Trinajstić information content (AvgIpc) is 3.01. The topological polar surface area (TPSA) is 29.7 Å². The summed E-state index contributed by atoms with van der Waals surface area (Å²) in [7, 11) is 3.89. The molecule has 0 aliphatic carbocycles. The Morgan fingerprint density at radius 3 is 1.58 bits per heavy atom. The largest absolute Gasteiger partial charge is 0.321 e. The van der Waals surface area contributed by atoms with Gasteiger partial charge in [0.05, 0.1) is 6.20 Å². The molecule has 0 bridgehead atoms. The van der Waals surface area contributed by atoms with Crippen LogP contribution in [0.4, 0.5) is 0 Å². The quantitative estimate of drug-likeness (QED) is 0.144. The third-order valence-corrected chi connectivity index (χ3v) is 4.75. The molecule has 6 aromatic rings. The zero-order valence-electron chi connectivity index (χ0n) is 20.9. The van der Waals surface area contributed by atoms with Crippen LogP contribution in [-0.2, 0) is 20.1 Å². The van der Waals surface area contributed by atoms with Crippen molar-refractivity contribution in [1.82, 2.24) is 9.97 Å². The van der Waals surface area contributed by atoms with Crippen LogP contribution in [0.25, 0.3) is 22.5 Å². The van der Waals surface area contributed by atoms with E-state index in [1.807, 2.05) is 144 Å². The maximum atomic E-state index is 4.22.